The number of benzene rings is 1. The lowest BCUT2D eigenvalue weighted by molar-refractivity contribution is -0.158. The number of nitrogens with zero attached hydrogens (tertiary/aromatic N) is 2. The van der Waals surface area contributed by atoms with E-state index in [-0.39, 0.29) is 18.1 Å². The number of likely N-dealkylation sites (tertiary alicyclic amines) is 1. The molecule has 2 amide bonds. The molecule has 2 heterocycles. The Kier molecular flexibility index (Phi) is 6.65. The Balaban J connectivity index is 1.89. The first-order valence-corrected chi connectivity index (χ1v) is 10.7. The average Bonchev–Trinajstić information content (AvgIpc) is 2.73. The van der Waals surface area contributed by atoms with Crippen LogP contribution in [0.15, 0.2) is 42.6 Å². The number of piperidine rings is 1. The highest BCUT2D eigenvalue weighted by molar-refractivity contribution is 6.39. The van der Waals surface area contributed by atoms with Gasteiger partial charge in [0.1, 0.15) is 5.82 Å². The second kappa shape index (κ2) is 9.06. The van der Waals surface area contributed by atoms with Gasteiger partial charge in [-0.2, -0.15) is 0 Å². The average molecular weight is 425 g/mol. The number of aromatic nitrogens is 1. The SMILES string of the molecule is Cc1cc(NC(=O)C(=O)N2C[C@@H](C)[C@@H](OC(C)C)C[C@@]2(C)c2ccccc2)cnc1N. The van der Waals surface area contributed by atoms with Crippen molar-refractivity contribution in [1.82, 2.24) is 9.88 Å². The monoisotopic (exact) mass is 424 g/mol. The lowest BCUT2D eigenvalue weighted by Gasteiger charge is -2.50. The number of rotatable bonds is 4. The number of hydrogen-bond acceptors (Lipinski definition) is 5. The molecular formula is C24H32N4O3. The largest absolute Gasteiger partial charge is 0.383 e. The molecule has 1 fully saturated rings. The number of amides is 2. The summed E-state index contributed by atoms with van der Waals surface area (Å²) >= 11 is 0. The van der Waals surface area contributed by atoms with E-state index in [2.05, 4.69) is 17.2 Å². The van der Waals surface area contributed by atoms with Crippen LogP contribution in [0.1, 0.15) is 45.2 Å². The smallest absolute Gasteiger partial charge is 0.313 e. The van der Waals surface area contributed by atoms with E-state index in [1.54, 1.807) is 17.9 Å². The Labute approximate surface area is 184 Å². The number of aryl methyl sites for hydroxylation is 1. The first-order valence-electron chi connectivity index (χ1n) is 10.7. The number of nitrogen functional groups attached to an aromatic ring is 1. The number of nitrogens with two attached hydrogens (primary N) is 1. The minimum Gasteiger partial charge on any atom is -0.383 e. The summed E-state index contributed by atoms with van der Waals surface area (Å²) < 4.78 is 6.17. The molecule has 166 valence electrons. The molecule has 0 aliphatic carbocycles. The van der Waals surface area contributed by atoms with Crippen molar-refractivity contribution in [2.45, 2.75) is 58.8 Å². The molecule has 7 heteroatoms. The molecule has 0 spiro atoms. The van der Waals surface area contributed by atoms with Gasteiger partial charge in [-0.15, -0.1) is 0 Å². The first-order chi connectivity index (χ1) is 14.6. The Hall–Kier alpha value is -2.93. The molecule has 1 saturated heterocycles. The maximum Gasteiger partial charge on any atom is 0.313 e. The highest BCUT2D eigenvalue weighted by Crippen LogP contribution is 2.41. The molecule has 3 atom stereocenters. The standard InChI is InChI=1S/C24H32N4O3/c1-15(2)31-20-12-24(5,18-9-7-6-8-10-18)28(14-17(20)4)23(30)22(29)27-19-11-16(3)21(25)26-13-19/h6-11,13,15,17,20H,12,14H2,1-5H3,(H2,25,26)(H,27,29)/t17-,20+,24+/m1/s1. The Bertz CT molecular complexity index is 947. The summed E-state index contributed by atoms with van der Waals surface area (Å²) in [5.41, 5.74) is 7.23. The molecule has 7 nitrogen and oxygen atoms in total. The second-order valence-corrected chi connectivity index (χ2v) is 8.84. The van der Waals surface area contributed by atoms with Crippen LogP contribution in [0.5, 0.6) is 0 Å². The van der Waals surface area contributed by atoms with E-state index in [4.69, 9.17) is 10.5 Å². The number of ether oxygens (including phenoxy) is 1. The van der Waals surface area contributed by atoms with Crippen LogP contribution in [-0.4, -0.2) is 40.5 Å². The third kappa shape index (κ3) is 4.88. The molecule has 0 radical (unpaired) electrons. The summed E-state index contributed by atoms with van der Waals surface area (Å²) in [4.78, 5) is 32.0. The highest BCUT2D eigenvalue weighted by Gasteiger charge is 2.47. The number of hydrogen-bond donors (Lipinski definition) is 2. The molecule has 0 unspecified atom stereocenters. The molecular weight excluding hydrogens is 392 g/mol. The van der Waals surface area contributed by atoms with Gasteiger partial charge in [0.15, 0.2) is 0 Å². The van der Waals surface area contributed by atoms with Crippen LogP contribution in [-0.2, 0) is 19.9 Å². The summed E-state index contributed by atoms with van der Waals surface area (Å²) in [5.74, 6) is -0.780. The normalized spacial score (nSPS) is 23.6. The van der Waals surface area contributed by atoms with Gasteiger partial charge in [0.05, 0.1) is 29.6 Å². The van der Waals surface area contributed by atoms with Crippen molar-refractivity contribution in [3.63, 3.8) is 0 Å². The van der Waals surface area contributed by atoms with Gasteiger partial charge in [-0.25, -0.2) is 4.98 Å². The topological polar surface area (TPSA) is 97.5 Å². The van der Waals surface area contributed by atoms with Crippen LogP contribution in [0.3, 0.4) is 0 Å². The quantitative estimate of drug-likeness (QED) is 0.732. The number of carbonyl (C=O) groups is 2. The van der Waals surface area contributed by atoms with E-state index < -0.39 is 17.4 Å². The van der Waals surface area contributed by atoms with E-state index in [0.29, 0.717) is 24.5 Å². The predicted molar refractivity (Wildman–Crippen MR) is 121 cm³/mol. The summed E-state index contributed by atoms with van der Waals surface area (Å²) in [6.45, 7) is 10.3. The summed E-state index contributed by atoms with van der Waals surface area (Å²) in [7, 11) is 0. The summed E-state index contributed by atoms with van der Waals surface area (Å²) in [6, 6.07) is 11.5. The minimum absolute atomic E-state index is 0.0127. The number of anilines is 2. The van der Waals surface area contributed by atoms with Gasteiger partial charge in [0.2, 0.25) is 0 Å². The van der Waals surface area contributed by atoms with Crippen molar-refractivity contribution >= 4 is 23.3 Å². The Morgan fingerprint density at radius 2 is 1.97 bits per heavy atom. The molecule has 31 heavy (non-hydrogen) atoms. The van der Waals surface area contributed by atoms with E-state index in [1.807, 2.05) is 51.1 Å². The fraction of sp³-hybridized carbons (Fsp3) is 0.458. The van der Waals surface area contributed by atoms with Crippen LogP contribution < -0.4 is 11.1 Å². The van der Waals surface area contributed by atoms with Gasteiger partial charge >= 0.3 is 11.8 Å². The third-order valence-electron chi connectivity index (χ3n) is 5.96. The number of pyridine rings is 1. The van der Waals surface area contributed by atoms with Crippen LogP contribution in [0.25, 0.3) is 0 Å². The van der Waals surface area contributed by atoms with Crippen LogP contribution in [0.2, 0.25) is 0 Å². The zero-order chi connectivity index (χ0) is 22.8. The van der Waals surface area contributed by atoms with Crippen molar-refractivity contribution in [2.24, 2.45) is 5.92 Å². The second-order valence-electron chi connectivity index (χ2n) is 8.84. The molecule has 3 N–H and O–H groups in total. The van der Waals surface area contributed by atoms with Gasteiger partial charge < -0.3 is 20.7 Å². The minimum atomic E-state index is -0.691. The van der Waals surface area contributed by atoms with Crippen molar-refractivity contribution in [2.75, 3.05) is 17.6 Å². The molecule has 1 aliphatic rings. The zero-order valence-corrected chi connectivity index (χ0v) is 18.9. The number of nitrogens with one attached hydrogen (secondary N) is 1. The molecule has 0 bridgehead atoms. The molecule has 3 rings (SSSR count). The van der Waals surface area contributed by atoms with E-state index in [9.17, 15) is 9.59 Å². The van der Waals surface area contributed by atoms with Crippen molar-refractivity contribution in [1.29, 1.82) is 0 Å². The van der Waals surface area contributed by atoms with Gasteiger partial charge in [0.25, 0.3) is 0 Å². The Morgan fingerprint density at radius 1 is 1.29 bits per heavy atom. The summed E-state index contributed by atoms with van der Waals surface area (Å²) in [6.07, 6.45) is 2.13. The lowest BCUT2D eigenvalue weighted by Crippen LogP contribution is -2.59. The first kappa shape index (κ1) is 22.7. The van der Waals surface area contributed by atoms with E-state index in [0.717, 1.165) is 11.1 Å². The van der Waals surface area contributed by atoms with Gasteiger partial charge in [0, 0.05) is 18.9 Å². The lowest BCUT2D eigenvalue weighted by atomic mass is 9.77. The van der Waals surface area contributed by atoms with Crippen LogP contribution in [0, 0.1) is 12.8 Å². The fourth-order valence-corrected chi connectivity index (χ4v) is 4.18. The zero-order valence-electron chi connectivity index (χ0n) is 18.9. The van der Waals surface area contributed by atoms with E-state index in [1.165, 1.54) is 6.20 Å². The molecule has 1 aromatic carbocycles. The van der Waals surface area contributed by atoms with Gasteiger partial charge in [-0.1, -0.05) is 37.3 Å². The van der Waals surface area contributed by atoms with Crippen molar-refractivity contribution in [3.05, 3.63) is 53.7 Å². The molecule has 2 aromatic rings. The number of carbonyl (C=O) groups excluding carboxylic acids is 2. The molecule has 0 saturated carbocycles. The highest BCUT2D eigenvalue weighted by atomic mass is 16.5. The van der Waals surface area contributed by atoms with Gasteiger partial charge in [-0.05, 0) is 44.9 Å². The molecule has 1 aromatic heterocycles. The van der Waals surface area contributed by atoms with Crippen LogP contribution >= 0.6 is 0 Å². The van der Waals surface area contributed by atoms with Gasteiger partial charge in [-0.3, -0.25) is 9.59 Å². The Morgan fingerprint density at radius 3 is 2.58 bits per heavy atom. The van der Waals surface area contributed by atoms with E-state index >= 15 is 0 Å². The third-order valence-corrected chi connectivity index (χ3v) is 5.96. The van der Waals surface area contributed by atoms with Crippen LogP contribution in [0.4, 0.5) is 11.5 Å². The fourth-order valence-electron chi connectivity index (χ4n) is 4.18. The maximum atomic E-state index is 13.3. The molecule has 1 aliphatic heterocycles. The van der Waals surface area contributed by atoms with Crippen molar-refractivity contribution < 1.29 is 14.3 Å². The predicted octanol–water partition coefficient (Wildman–Crippen LogP) is 3.49. The maximum absolute atomic E-state index is 13.3. The summed E-state index contributed by atoms with van der Waals surface area (Å²) in [5, 5.41) is 2.68. The van der Waals surface area contributed by atoms with Crippen molar-refractivity contribution in [3.8, 4) is 0 Å².